The van der Waals surface area contributed by atoms with Gasteiger partial charge in [0.1, 0.15) is 0 Å². The SMILES string of the molecule is COCCOC.[CH2][C](C)[CH][C]([CH2])C.[CH2][C](C)[CH][C]([CH2])C.[Yb]. The molecule has 0 atom stereocenters. The van der Waals surface area contributed by atoms with Gasteiger partial charge >= 0.3 is 0 Å². The molecule has 3 heteroatoms. The maximum absolute atomic E-state index is 4.66. The van der Waals surface area contributed by atoms with Crippen LogP contribution in [0.3, 0.4) is 0 Å². The second-order valence-corrected chi connectivity index (χ2v) is 4.66. The molecule has 0 aromatic heterocycles. The molecule has 0 aliphatic heterocycles. The molecule has 130 valence electrons. The molecule has 0 fully saturated rings. The number of methoxy groups -OCH3 is 2. The summed E-state index contributed by atoms with van der Waals surface area (Å²) in [6.07, 6.45) is 3.89. The molecule has 0 unspecified atom stereocenters. The molecule has 0 N–H and O–H groups in total. The Morgan fingerprint density at radius 2 is 0.857 bits per heavy atom. The van der Waals surface area contributed by atoms with Crippen LogP contribution in [0.1, 0.15) is 27.7 Å². The predicted octanol–water partition coefficient (Wildman–Crippen LogP) is 4.37. The zero-order valence-electron chi connectivity index (χ0n) is 14.5. The second kappa shape index (κ2) is 23.7. The third-order valence-corrected chi connectivity index (χ3v) is 1.48. The van der Waals surface area contributed by atoms with Crippen LogP contribution in [0.25, 0.3) is 0 Å². The van der Waals surface area contributed by atoms with E-state index in [-0.39, 0.29) is 46.9 Å². The molecule has 2 nitrogen and oxygen atoms in total. The van der Waals surface area contributed by atoms with Crippen LogP contribution in [0.5, 0.6) is 0 Å². The van der Waals surface area contributed by atoms with Crippen molar-refractivity contribution < 1.29 is 56.4 Å². The zero-order valence-corrected chi connectivity index (χ0v) is 16.2. The molecule has 10 radical (unpaired) electrons. The van der Waals surface area contributed by atoms with Crippen molar-refractivity contribution in [2.45, 2.75) is 27.7 Å². The van der Waals surface area contributed by atoms with Crippen molar-refractivity contribution in [3.05, 3.63) is 64.2 Å². The topological polar surface area (TPSA) is 18.5 Å². The van der Waals surface area contributed by atoms with Gasteiger partial charge in [-0.05, 0) is 64.2 Å². The molecular formula is C18H32O2Yb. The van der Waals surface area contributed by atoms with E-state index in [2.05, 4.69) is 37.2 Å². The zero-order chi connectivity index (χ0) is 16.6. The van der Waals surface area contributed by atoms with E-state index in [0.29, 0.717) is 13.2 Å². The molecule has 0 heterocycles. The molecule has 0 spiro atoms. The van der Waals surface area contributed by atoms with E-state index in [9.17, 15) is 0 Å². The van der Waals surface area contributed by atoms with E-state index >= 15 is 0 Å². The molecule has 0 aliphatic carbocycles. The maximum Gasteiger partial charge on any atom is 0.0696 e. The minimum absolute atomic E-state index is 0. The predicted molar refractivity (Wildman–Crippen MR) is 89.4 cm³/mol. The summed E-state index contributed by atoms with van der Waals surface area (Å²) in [5.74, 6) is 4.25. The molecule has 0 rings (SSSR count). The Morgan fingerprint density at radius 1 is 0.667 bits per heavy atom. The van der Waals surface area contributed by atoms with E-state index in [1.54, 1.807) is 14.2 Å². The average Bonchev–Trinajstić information content (AvgIpc) is 2.24. The van der Waals surface area contributed by atoms with Gasteiger partial charge < -0.3 is 9.47 Å². The van der Waals surface area contributed by atoms with Crippen molar-refractivity contribution in [3.63, 3.8) is 0 Å². The Morgan fingerprint density at radius 3 is 0.905 bits per heavy atom. The molecule has 0 saturated heterocycles. The fourth-order valence-corrected chi connectivity index (χ4v) is 1.01. The molecule has 0 aromatic carbocycles. The van der Waals surface area contributed by atoms with Crippen molar-refractivity contribution in [3.8, 4) is 0 Å². The van der Waals surface area contributed by atoms with E-state index < -0.39 is 0 Å². The Hall–Kier alpha value is 1.44. The monoisotopic (exact) mass is 454 g/mol. The molecule has 0 aliphatic rings. The van der Waals surface area contributed by atoms with Crippen molar-refractivity contribution in [1.29, 1.82) is 0 Å². The van der Waals surface area contributed by atoms with Gasteiger partial charge in [0.2, 0.25) is 0 Å². The van der Waals surface area contributed by atoms with Crippen molar-refractivity contribution in [2.24, 2.45) is 0 Å². The second-order valence-electron chi connectivity index (χ2n) is 4.66. The fourth-order valence-electron chi connectivity index (χ4n) is 1.01. The van der Waals surface area contributed by atoms with Gasteiger partial charge in [-0.1, -0.05) is 27.7 Å². The van der Waals surface area contributed by atoms with Gasteiger partial charge in [0.05, 0.1) is 13.2 Å². The summed E-state index contributed by atoms with van der Waals surface area (Å²) in [4.78, 5) is 0. The van der Waals surface area contributed by atoms with Gasteiger partial charge in [-0.2, -0.15) is 0 Å². The van der Waals surface area contributed by atoms with Crippen LogP contribution < -0.4 is 0 Å². The van der Waals surface area contributed by atoms with Crippen LogP contribution in [0, 0.1) is 111 Å². The third kappa shape index (κ3) is 52.4. The number of ether oxygens (including phenoxy) is 2. The van der Waals surface area contributed by atoms with Crippen LogP contribution in [0.15, 0.2) is 0 Å². The number of hydrogen-bond acceptors (Lipinski definition) is 2. The Labute approximate surface area is 174 Å². The van der Waals surface area contributed by atoms with Gasteiger partial charge in [-0.3, -0.25) is 0 Å². The van der Waals surface area contributed by atoms with Crippen LogP contribution in [-0.2, 0) is 9.47 Å². The minimum Gasteiger partial charge on any atom is -0.382 e. The third-order valence-electron chi connectivity index (χ3n) is 1.48. The summed E-state index contributed by atoms with van der Waals surface area (Å²) < 4.78 is 9.31. The largest absolute Gasteiger partial charge is 0.382 e. The maximum atomic E-state index is 4.66. The number of rotatable bonds is 7. The summed E-state index contributed by atoms with van der Waals surface area (Å²) in [5, 5.41) is 0. The molecule has 0 aromatic rings. The molecular weight excluding hydrogens is 421 g/mol. The van der Waals surface area contributed by atoms with Crippen molar-refractivity contribution in [2.75, 3.05) is 27.4 Å². The van der Waals surface area contributed by atoms with Crippen molar-refractivity contribution >= 4 is 0 Å². The van der Waals surface area contributed by atoms with Gasteiger partial charge in [0, 0.05) is 61.1 Å². The van der Waals surface area contributed by atoms with Gasteiger partial charge in [0.15, 0.2) is 0 Å². The summed E-state index contributed by atoms with van der Waals surface area (Å²) >= 11 is 0. The Bertz CT molecular complexity index is 127. The molecule has 21 heavy (non-hydrogen) atoms. The average molecular weight is 453 g/mol. The Balaban J connectivity index is -0.000000101. The quantitative estimate of drug-likeness (QED) is 0.533. The fraction of sp³-hybridized carbons (Fsp3) is 0.444. The minimum atomic E-state index is 0. The summed E-state index contributed by atoms with van der Waals surface area (Å²) in [6, 6.07) is 0. The first kappa shape index (κ1) is 30.3. The van der Waals surface area contributed by atoms with Crippen LogP contribution >= 0.6 is 0 Å². The summed E-state index contributed by atoms with van der Waals surface area (Å²) in [7, 11) is 3.30. The van der Waals surface area contributed by atoms with Gasteiger partial charge in [-0.15, -0.1) is 0 Å². The molecule has 0 saturated carbocycles. The molecule has 0 amide bonds. The first-order chi connectivity index (χ1) is 9.17. The van der Waals surface area contributed by atoms with Crippen LogP contribution in [0.2, 0.25) is 0 Å². The van der Waals surface area contributed by atoms with Gasteiger partial charge in [-0.25, -0.2) is 0 Å². The van der Waals surface area contributed by atoms with E-state index in [4.69, 9.17) is 0 Å². The number of hydrogen-bond donors (Lipinski definition) is 0. The van der Waals surface area contributed by atoms with E-state index in [1.165, 1.54) is 0 Å². The summed E-state index contributed by atoms with van der Waals surface area (Å²) in [5.41, 5.74) is 0. The standard InChI is InChI=1S/2C7H11.C4H10O2.Yb/c2*1-6(2)5-7(3)4;1-5-3-4-6-2;/h2*5H,1,3H2,2,4H3;3-4H2,1-2H3;. The van der Waals surface area contributed by atoms with E-state index in [0.717, 1.165) is 23.7 Å². The Kier molecular flexibility index (Phi) is 34.2. The van der Waals surface area contributed by atoms with Crippen LogP contribution in [0.4, 0.5) is 0 Å². The smallest absolute Gasteiger partial charge is 0.0696 e. The van der Waals surface area contributed by atoms with Gasteiger partial charge in [0.25, 0.3) is 0 Å². The van der Waals surface area contributed by atoms with Crippen LogP contribution in [-0.4, -0.2) is 27.4 Å². The first-order valence-corrected chi connectivity index (χ1v) is 6.46. The summed E-state index contributed by atoms with van der Waals surface area (Å²) in [6.45, 7) is 23.9. The van der Waals surface area contributed by atoms with E-state index in [1.807, 2.05) is 40.5 Å². The molecule has 0 bridgehead atoms. The normalized spacial score (nSPS) is 10.0. The van der Waals surface area contributed by atoms with Crippen molar-refractivity contribution in [1.82, 2.24) is 0 Å². The first-order valence-electron chi connectivity index (χ1n) is 6.46.